The van der Waals surface area contributed by atoms with Gasteiger partial charge in [0.15, 0.2) is 16.7 Å². The minimum atomic E-state index is 0.0230. The van der Waals surface area contributed by atoms with E-state index in [-0.39, 0.29) is 10.8 Å². The Morgan fingerprint density at radius 1 is 0.568 bits per heavy atom. The van der Waals surface area contributed by atoms with Gasteiger partial charge in [-0.3, -0.25) is 0 Å². The predicted octanol–water partition coefficient (Wildman–Crippen LogP) is 10.2. The summed E-state index contributed by atoms with van der Waals surface area (Å²) in [6.07, 6.45) is 0. The maximum atomic E-state index is 2.49. The van der Waals surface area contributed by atoms with Crippen LogP contribution in [0.5, 0.6) is 0 Å². The van der Waals surface area contributed by atoms with Crippen molar-refractivity contribution in [2.45, 2.75) is 66.2 Å². The number of fused-ring (bicyclic) bond motifs is 4. The molecule has 2 heterocycles. The number of aromatic nitrogens is 3. The highest BCUT2D eigenvalue weighted by Gasteiger charge is 2.31. The van der Waals surface area contributed by atoms with Gasteiger partial charge in [0.25, 0.3) is 5.82 Å². The van der Waals surface area contributed by atoms with Crippen molar-refractivity contribution < 1.29 is 4.57 Å². The third-order valence-electron chi connectivity index (χ3n) is 9.23. The van der Waals surface area contributed by atoms with Gasteiger partial charge in [-0.2, -0.15) is 9.13 Å². The molecule has 0 aliphatic heterocycles. The average Bonchev–Trinajstić information content (AvgIpc) is 3.48. The van der Waals surface area contributed by atoms with Gasteiger partial charge in [0.1, 0.15) is 11.2 Å². The fourth-order valence-electron chi connectivity index (χ4n) is 7.07. The van der Waals surface area contributed by atoms with Gasteiger partial charge < -0.3 is 4.57 Å². The lowest BCUT2D eigenvalue weighted by molar-refractivity contribution is -0.573. The molecular weight excluding hydrogens is 534 g/mol. The molecule has 0 spiro atoms. The smallest absolute Gasteiger partial charge is 0.264 e. The van der Waals surface area contributed by atoms with Gasteiger partial charge in [-0.25, -0.2) is 0 Å². The van der Waals surface area contributed by atoms with Gasteiger partial charge in [-0.05, 0) is 71.3 Å². The van der Waals surface area contributed by atoms with E-state index in [1.165, 1.54) is 66.7 Å². The second-order valence-corrected chi connectivity index (χ2v) is 14.2. The van der Waals surface area contributed by atoms with Gasteiger partial charge in [-0.15, -0.1) is 0 Å². The Kier molecular flexibility index (Phi) is 6.37. The second kappa shape index (κ2) is 9.95. The summed E-state index contributed by atoms with van der Waals surface area (Å²) in [7, 11) is 0. The summed E-state index contributed by atoms with van der Waals surface area (Å²) in [6, 6.07) is 40.0. The lowest BCUT2D eigenvalue weighted by Crippen LogP contribution is -2.34. The molecule has 2 aromatic heterocycles. The van der Waals surface area contributed by atoms with Crippen molar-refractivity contribution in [1.29, 1.82) is 0 Å². The molecule has 7 aromatic rings. The summed E-state index contributed by atoms with van der Waals surface area (Å²) in [5.41, 5.74) is 12.6. The molecule has 0 saturated heterocycles. The summed E-state index contributed by atoms with van der Waals surface area (Å²) in [5, 5.41) is 2.52. The van der Waals surface area contributed by atoms with Crippen molar-refractivity contribution in [3.05, 3.63) is 132 Å². The van der Waals surface area contributed by atoms with Crippen LogP contribution < -0.4 is 4.57 Å². The van der Waals surface area contributed by atoms with E-state index in [2.05, 4.69) is 178 Å². The predicted molar refractivity (Wildman–Crippen MR) is 186 cm³/mol. The Morgan fingerprint density at radius 3 is 1.91 bits per heavy atom. The van der Waals surface area contributed by atoms with Crippen LogP contribution in [0.3, 0.4) is 0 Å². The minimum absolute atomic E-state index is 0.0230. The maximum Gasteiger partial charge on any atom is 0.264 e. The summed E-state index contributed by atoms with van der Waals surface area (Å²) >= 11 is 0. The molecule has 0 unspecified atom stereocenters. The molecule has 0 fully saturated rings. The minimum Gasteiger partial charge on any atom is -0.305 e. The Bertz CT molecular complexity index is 2200. The topological polar surface area (TPSA) is 13.7 Å². The molecule has 3 heteroatoms. The summed E-state index contributed by atoms with van der Waals surface area (Å²) in [5.74, 6) is 1.18. The molecule has 0 bridgehead atoms. The van der Waals surface area contributed by atoms with Crippen LogP contribution in [-0.4, -0.2) is 9.13 Å². The number of hydrogen-bond donors (Lipinski definition) is 0. The molecule has 0 N–H and O–H groups in total. The van der Waals surface area contributed by atoms with Crippen LogP contribution in [0.15, 0.2) is 109 Å². The average molecular weight is 577 g/mol. The van der Waals surface area contributed by atoms with Crippen LogP contribution in [-0.2, 0) is 10.8 Å². The third kappa shape index (κ3) is 4.29. The van der Waals surface area contributed by atoms with Crippen molar-refractivity contribution in [1.82, 2.24) is 9.13 Å². The summed E-state index contributed by atoms with van der Waals surface area (Å²) < 4.78 is 7.39. The highest BCUT2D eigenvalue weighted by Crippen LogP contribution is 2.38. The van der Waals surface area contributed by atoms with Crippen LogP contribution >= 0.6 is 0 Å². The number of rotatable bonds is 3. The zero-order chi connectivity index (χ0) is 31.0. The fraction of sp³-hybridized carbons (Fsp3) is 0.244. The molecular formula is C41H42N3+. The lowest BCUT2D eigenvalue weighted by Gasteiger charge is -2.28. The summed E-state index contributed by atoms with van der Waals surface area (Å²) in [6.45, 7) is 18.5. The number of para-hydroxylation sites is 5. The van der Waals surface area contributed by atoms with Gasteiger partial charge in [0, 0.05) is 28.9 Å². The molecule has 0 amide bonds. The van der Waals surface area contributed by atoms with E-state index >= 15 is 0 Å². The van der Waals surface area contributed by atoms with Crippen molar-refractivity contribution in [3.8, 4) is 17.1 Å². The molecule has 220 valence electrons. The van der Waals surface area contributed by atoms with Crippen LogP contribution in [0.4, 0.5) is 0 Å². The first-order valence-electron chi connectivity index (χ1n) is 15.7. The van der Waals surface area contributed by atoms with E-state index in [4.69, 9.17) is 0 Å². The van der Waals surface area contributed by atoms with E-state index < -0.39 is 0 Å². The fourth-order valence-corrected chi connectivity index (χ4v) is 7.07. The molecule has 0 aliphatic carbocycles. The Hall–Kier alpha value is -4.63. The number of benzene rings is 5. The van der Waals surface area contributed by atoms with Gasteiger partial charge >= 0.3 is 0 Å². The van der Waals surface area contributed by atoms with Crippen LogP contribution in [0.2, 0.25) is 0 Å². The second-order valence-electron chi connectivity index (χ2n) is 14.2. The summed E-state index contributed by atoms with van der Waals surface area (Å²) in [4.78, 5) is 0. The van der Waals surface area contributed by atoms with E-state index in [0.717, 1.165) is 5.69 Å². The number of imidazole rings is 1. The number of hydrogen-bond acceptors (Lipinski definition) is 0. The Balaban J connectivity index is 1.62. The first kappa shape index (κ1) is 28.2. The van der Waals surface area contributed by atoms with Crippen molar-refractivity contribution in [2.75, 3.05) is 0 Å². The molecule has 0 radical (unpaired) electrons. The molecule has 0 aliphatic rings. The Labute approximate surface area is 261 Å². The van der Waals surface area contributed by atoms with Gasteiger partial charge in [0.2, 0.25) is 0 Å². The van der Waals surface area contributed by atoms with E-state index in [9.17, 15) is 0 Å². The molecule has 7 rings (SSSR count). The quantitative estimate of drug-likeness (QED) is 0.186. The van der Waals surface area contributed by atoms with Crippen molar-refractivity contribution >= 4 is 32.8 Å². The molecule has 44 heavy (non-hydrogen) atoms. The van der Waals surface area contributed by atoms with E-state index in [0.29, 0.717) is 0 Å². The monoisotopic (exact) mass is 576 g/mol. The number of nitrogens with zero attached hydrogens (tertiary/aromatic N) is 3. The van der Waals surface area contributed by atoms with E-state index in [1.807, 2.05) is 0 Å². The SMILES string of the molecule is Cc1c(-n2c(C)[n+](-c3cccc4c5ccccc5n(-c5ccccc5)c34)c3ccccc32)cc(C(C)(C)C)cc1C(C)(C)C. The van der Waals surface area contributed by atoms with Crippen LogP contribution in [0.25, 0.3) is 49.9 Å². The molecule has 5 aromatic carbocycles. The van der Waals surface area contributed by atoms with Crippen molar-refractivity contribution in [3.63, 3.8) is 0 Å². The maximum absolute atomic E-state index is 2.49. The van der Waals surface area contributed by atoms with Crippen molar-refractivity contribution in [2.24, 2.45) is 0 Å². The first-order valence-corrected chi connectivity index (χ1v) is 15.7. The zero-order valence-corrected chi connectivity index (χ0v) is 27.2. The van der Waals surface area contributed by atoms with Crippen LogP contribution in [0, 0.1) is 13.8 Å². The van der Waals surface area contributed by atoms with Gasteiger partial charge in [-0.1, -0.05) is 108 Å². The zero-order valence-electron chi connectivity index (χ0n) is 27.2. The highest BCUT2D eigenvalue weighted by atomic mass is 15.2. The van der Waals surface area contributed by atoms with E-state index in [1.54, 1.807) is 0 Å². The third-order valence-corrected chi connectivity index (χ3v) is 9.23. The first-order chi connectivity index (χ1) is 21.0. The molecule has 3 nitrogen and oxygen atoms in total. The highest BCUT2D eigenvalue weighted by molar-refractivity contribution is 6.11. The van der Waals surface area contributed by atoms with Gasteiger partial charge in [0.05, 0.1) is 5.52 Å². The normalized spacial score (nSPS) is 12.5. The Morgan fingerprint density at radius 2 is 1.20 bits per heavy atom. The largest absolute Gasteiger partial charge is 0.305 e. The van der Waals surface area contributed by atoms with Crippen LogP contribution in [0.1, 0.15) is 64.1 Å². The lowest BCUT2D eigenvalue weighted by atomic mass is 9.78. The molecule has 0 saturated carbocycles. The molecule has 0 atom stereocenters. The standard InChI is InChI=1S/C41H42N3/c1-27-33(41(6,7)8)25-29(40(3,4)5)26-38(27)43-28(2)42(35-22-14-15-23-36(35)43)37-24-16-20-32-31-19-12-13-21-34(31)44(39(32)37)30-17-10-9-11-18-30/h9-26H,1-8H3/q+1.